The third-order valence-electron chi connectivity index (χ3n) is 3.23. The summed E-state index contributed by atoms with van der Waals surface area (Å²) < 4.78 is 20.7. The number of aliphatic hydroxyl groups is 2. The summed E-state index contributed by atoms with van der Waals surface area (Å²) in [6, 6.07) is 9.57. The molecule has 0 bridgehead atoms. The van der Waals surface area contributed by atoms with Crippen LogP contribution in [0, 0.1) is 0 Å². The van der Waals surface area contributed by atoms with E-state index in [0.29, 0.717) is 39.6 Å². The second-order valence-electron chi connectivity index (χ2n) is 5.51. The van der Waals surface area contributed by atoms with Crippen LogP contribution in [0.5, 0.6) is 5.75 Å². The Balaban J connectivity index is 0.000000481. The van der Waals surface area contributed by atoms with E-state index in [1.54, 1.807) is 0 Å². The molecule has 0 radical (unpaired) electrons. The van der Waals surface area contributed by atoms with E-state index in [-0.39, 0.29) is 13.2 Å². The summed E-state index contributed by atoms with van der Waals surface area (Å²) in [7, 11) is 0. The van der Waals surface area contributed by atoms with Crippen LogP contribution in [0.15, 0.2) is 30.3 Å². The van der Waals surface area contributed by atoms with Gasteiger partial charge in [-0.3, -0.25) is 0 Å². The fourth-order valence-electron chi connectivity index (χ4n) is 1.92. The van der Waals surface area contributed by atoms with Gasteiger partial charge in [-0.05, 0) is 18.6 Å². The largest absolute Gasteiger partial charge is 0.491 e. The van der Waals surface area contributed by atoms with Crippen LogP contribution in [-0.2, 0) is 14.2 Å². The monoisotopic (exact) mass is 372 g/mol. The average Bonchev–Trinajstić information content (AvgIpc) is 2.68. The van der Waals surface area contributed by atoms with Gasteiger partial charge in [0, 0.05) is 6.61 Å². The van der Waals surface area contributed by atoms with Gasteiger partial charge in [-0.2, -0.15) is 0 Å². The number of hydrogen-bond donors (Lipinski definition) is 2. The van der Waals surface area contributed by atoms with Gasteiger partial charge in [-0.1, -0.05) is 44.4 Å². The summed E-state index contributed by atoms with van der Waals surface area (Å²) in [4.78, 5) is 0. The third-order valence-corrected chi connectivity index (χ3v) is 3.23. The molecule has 0 aliphatic rings. The molecule has 6 heteroatoms. The van der Waals surface area contributed by atoms with E-state index in [0.717, 1.165) is 18.8 Å². The van der Waals surface area contributed by atoms with Crippen LogP contribution in [0.2, 0.25) is 0 Å². The van der Waals surface area contributed by atoms with Crippen molar-refractivity contribution in [2.24, 2.45) is 0 Å². The fourth-order valence-corrected chi connectivity index (χ4v) is 1.92. The van der Waals surface area contributed by atoms with Crippen LogP contribution < -0.4 is 4.74 Å². The zero-order valence-corrected chi connectivity index (χ0v) is 16.1. The van der Waals surface area contributed by atoms with Gasteiger partial charge < -0.3 is 29.2 Å². The molecule has 0 aromatic heterocycles. The van der Waals surface area contributed by atoms with Gasteiger partial charge >= 0.3 is 0 Å². The Kier molecular flexibility index (Phi) is 20.9. The van der Waals surface area contributed by atoms with E-state index in [4.69, 9.17) is 29.2 Å². The lowest BCUT2D eigenvalue weighted by atomic mass is 10.2. The van der Waals surface area contributed by atoms with Gasteiger partial charge in [0.1, 0.15) is 12.4 Å². The Morgan fingerprint density at radius 1 is 0.654 bits per heavy atom. The lowest BCUT2D eigenvalue weighted by Gasteiger charge is -2.05. The molecule has 0 saturated heterocycles. The Hall–Kier alpha value is -1.18. The predicted octanol–water partition coefficient (Wildman–Crippen LogP) is 2.67. The van der Waals surface area contributed by atoms with Gasteiger partial charge in [-0.25, -0.2) is 0 Å². The van der Waals surface area contributed by atoms with Crippen LogP contribution >= 0.6 is 0 Å². The molecule has 6 nitrogen and oxygen atoms in total. The second-order valence-corrected chi connectivity index (χ2v) is 5.51. The standard InChI is InChI=1S/C10H14O3.C10H22O3/c11-6-7-12-8-9-13-10-4-2-1-3-5-10;1-2-3-4-5-7-12-9-10-13-8-6-11/h1-5,11H,6-9H2;11H,2-10H2,1H3. The second kappa shape index (κ2) is 21.9. The molecule has 1 rings (SSSR count). The highest BCUT2D eigenvalue weighted by atomic mass is 16.5. The van der Waals surface area contributed by atoms with E-state index >= 15 is 0 Å². The highest BCUT2D eigenvalue weighted by Gasteiger charge is 1.91. The highest BCUT2D eigenvalue weighted by Crippen LogP contribution is 2.07. The van der Waals surface area contributed by atoms with Crippen LogP contribution in [0.1, 0.15) is 32.6 Å². The molecule has 0 spiro atoms. The minimum atomic E-state index is 0.0609. The fraction of sp³-hybridized carbons (Fsp3) is 0.700. The summed E-state index contributed by atoms with van der Waals surface area (Å²) in [5, 5.41) is 16.8. The summed E-state index contributed by atoms with van der Waals surface area (Å²) in [6.07, 6.45) is 4.96. The number of hydrogen-bond acceptors (Lipinski definition) is 6. The zero-order valence-electron chi connectivity index (χ0n) is 16.1. The molecule has 152 valence electrons. The maximum atomic E-state index is 8.42. The zero-order chi connectivity index (χ0) is 19.1. The molecule has 0 fully saturated rings. The van der Waals surface area contributed by atoms with Crippen molar-refractivity contribution in [3.05, 3.63) is 30.3 Å². The number of ether oxygens (including phenoxy) is 4. The molecule has 0 saturated carbocycles. The maximum Gasteiger partial charge on any atom is 0.119 e. The van der Waals surface area contributed by atoms with Crippen molar-refractivity contribution in [3.8, 4) is 5.75 Å². The van der Waals surface area contributed by atoms with Crippen molar-refractivity contribution in [1.82, 2.24) is 0 Å². The Bertz CT molecular complexity index is 351. The number of rotatable bonds is 16. The molecule has 0 aliphatic heterocycles. The summed E-state index contributed by atoms with van der Waals surface area (Å²) in [5.41, 5.74) is 0. The quantitative estimate of drug-likeness (QED) is 0.435. The van der Waals surface area contributed by atoms with E-state index in [1.807, 2.05) is 30.3 Å². The van der Waals surface area contributed by atoms with Gasteiger partial charge in [-0.15, -0.1) is 0 Å². The molecule has 26 heavy (non-hydrogen) atoms. The van der Waals surface area contributed by atoms with Gasteiger partial charge in [0.15, 0.2) is 0 Å². The van der Waals surface area contributed by atoms with Crippen LogP contribution in [0.4, 0.5) is 0 Å². The lowest BCUT2D eigenvalue weighted by Crippen LogP contribution is -2.08. The van der Waals surface area contributed by atoms with Crippen molar-refractivity contribution in [3.63, 3.8) is 0 Å². The number of aliphatic hydroxyl groups excluding tert-OH is 2. The first-order valence-electron chi connectivity index (χ1n) is 9.48. The minimum Gasteiger partial charge on any atom is -0.491 e. The molecule has 1 aromatic carbocycles. The van der Waals surface area contributed by atoms with Gasteiger partial charge in [0.05, 0.1) is 46.2 Å². The van der Waals surface area contributed by atoms with Crippen molar-refractivity contribution in [2.75, 3.05) is 59.5 Å². The molecule has 2 N–H and O–H groups in total. The highest BCUT2D eigenvalue weighted by molar-refractivity contribution is 5.20. The number of benzene rings is 1. The Labute approximate surface area is 158 Å². The first-order chi connectivity index (χ1) is 12.8. The molecule has 1 aromatic rings. The topological polar surface area (TPSA) is 77.4 Å². The van der Waals surface area contributed by atoms with Crippen LogP contribution in [-0.4, -0.2) is 69.7 Å². The lowest BCUT2D eigenvalue weighted by molar-refractivity contribution is 0.0321. The molecular weight excluding hydrogens is 336 g/mol. The minimum absolute atomic E-state index is 0.0609. The molecule has 0 unspecified atom stereocenters. The number of unbranched alkanes of at least 4 members (excludes halogenated alkanes) is 3. The summed E-state index contributed by atoms with van der Waals surface area (Å²) in [5.74, 6) is 0.843. The summed E-state index contributed by atoms with van der Waals surface area (Å²) >= 11 is 0. The Morgan fingerprint density at radius 2 is 1.23 bits per heavy atom. The van der Waals surface area contributed by atoms with Crippen molar-refractivity contribution in [2.45, 2.75) is 32.6 Å². The van der Waals surface area contributed by atoms with E-state index in [1.165, 1.54) is 19.3 Å². The van der Waals surface area contributed by atoms with Crippen molar-refractivity contribution < 1.29 is 29.2 Å². The first kappa shape index (κ1) is 24.8. The van der Waals surface area contributed by atoms with Crippen LogP contribution in [0.25, 0.3) is 0 Å². The average molecular weight is 373 g/mol. The number of para-hydroxylation sites is 1. The molecule has 0 aliphatic carbocycles. The SMILES string of the molecule is CCCCCCOCCOCCO.OCCOCCOc1ccccc1. The smallest absolute Gasteiger partial charge is 0.119 e. The van der Waals surface area contributed by atoms with Crippen LogP contribution in [0.3, 0.4) is 0 Å². The van der Waals surface area contributed by atoms with Crippen molar-refractivity contribution in [1.29, 1.82) is 0 Å². The molecular formula is C20H36O6. The van der Waals surface area contributed by atoms with E-state index in [2.05, 4.69) is 6.92 Å². The third kappa shape index (κ3) is 19.1. The van der Waals surface area contributed by atoms with Crippen molar-refractivity contribution >= 4 is 0 Å². The van der Waals surface area contributed by atoms with E-state index in [9.17, 15) is 0 Å². The predicted molar refractivity (Wildman–Crippen MR) is 103 cm³/mol. The maximum absolute atomic E-state index is 8.42. The Morgan fingerprint density at radius 3 is 1.81 bits per heavy atom. The summed E-state index contributed by atoms with van der Waals surface area (Å²) in [6.45, 7) is 6.24. The molecule has 0 amide bonds. The molecule has 0 atom stereocenters. The van der Waals surface area contributed by atoms with Gasteiger partial charge in [0.25, 0.3) is 0 Å². The van der Waals surface area contributed by atoms with E-state index < -0.39 is 0 Å². The normalized spacial score (nSPS) is 10.3. The first-order valence-corrected chi connectivity index (χ1v) is 9.48. The molecule has 0 heterocycles. The van der Waals surface area contributed by atoms with Gasteiger partial charge in [0.2, 0.25) is 0 Å².